The van der Waals surface area contributed by atoms with Crippen LogP contribution < -0.4 is 5.73 Å². The number of anilines is 1. The summed E-state index contributed by atoms with van der Waals surface area (Å²) in [6.07, 6.45) is 9.98. The second-order valence-electron chi connectivity index (χ2n) is 7.25. The Morgan fingerprint density at radius 2 is 1.85 bits per heavy atom. The van der Waals surface area contributed by atoms with Crippen molar-refractivity contribution in [3.63, 3.8) is 0 Å². The molecule has 1 fully saturated rings. The molecule has 2 rings (SSSR count). The largest absolute Gasteiger partial charge is 0.384 e. The molecule has 1 aromatic heterocycles. The molecule has 0 atom stereocenters. The number of imidazole rings is 1. The van der Waals surface area contributed by atoms with Crippen LogP contribution in [0.2, 0.25) is 0 Å². The fraction of sp³-hybridized carbons (Fsp3) is 0.824. The molecule has 114 valence electrons. The Morgan fingerprint density at radius 1 is 1.20 bits per heavy atom. The van der Waals surface area contributed by atoms with E-state index in [-0.39, 0.29) is 5.54 Å². The van der Waals surface area contributed by atoms with E-state index >= 15 is 0 Å². The minimum atomic E-state index is 0.0258. The normalized spacial score (nSPS) is 17.0. The van der Waals surface area contributed by atoms with Crippen LogP contribution in [0.3, 0.4) is 0 Å². The lowest BCUT2D eigenvalue weighted by Gasteiger charge is -2.27. The minimum absolute atomic E-state index is 0.0258. The van der Waals surface area contributed by atoms with Gasteiger partial charge in [-0.05, 0) is 46.5 Å². The molecule has 1 aliphatic rings. The van der Waals surface area contributed by atoms with Crippen LogP contribution in [-0.4, -0.2) is 9.55 Å². The molecule has 0 saturated heterocycles. The van der Waals surface area contributed by atoms with Gasteiger partial charge in [-0.15, -0.1) is 0 Å². The Hall–Kier alpha value is -0.990. The van der Waals surface area contributed by atoms with Crippen molar-refractivity contribution >= 4 is 5.82 Å². The van der Waals surface area contributed by atoms with Gasteiger partial charge in [0.2, 0.25) is 0 Å². The number of nitrogen functional groups attached to an aromatic ring is 1. The summed E-state index contributed by atoms with van der Waals surface area (Å²) in [7, 11) is 0. The highest BCUT2D eigenvalue weighted by Gasteiger charge is 2.29. The molecule has 0 amide bonds. The van der Waals surface area contributed by atoms with Gasteiger partial charge in [0.15, 0.2) is 0 Å². The molecule has 0 unspecified atom stereocenters. The van der Waals surface area contributed by atoms with E-state index in [0.29, 0.717) is 5.92 Å². The van der Waals surface area contributed by atoms with E-state index in [9.17, 15) is 0 Å². The van der Waals surface area contributed by atoms with Crippen molar-refractivity contribution in [2.45, 2.75) is 90.5 Å². The molecule has 0 aromatic carbocycles. The van der Waals surface area contributed by atoms with E-state index in [1.165, 1.54) is 50.8 Å². The van der Waals surface area contributed by atoms with Gasteiger partial charge in [-0.1, -0.05) is 32.6 Å². The van der Waals surface area contributed by atoms with Gasteiger partial charge in [-0.3, -0.25) is 0 Å². The first-order valence-corrected chi connectivity index (χ1v) is 8.32. The first kappa shape index (κ1) is 15.4. The lowest BCUT2D eigenvalue weighted by atomic mass is 10.0. The number of nitrogens with zero attached hydrogens (tertiary/aromatic N) is 2. The van der Waals surface area contributed by atoms with Crippen LogP contribution in [0.4, 0.5) is 5.82 Å². The molecular formula is C17H31N3. The van der Waals surface area contributed by atoms with Crippen molar-refractivity contribution in [3.05, 3.63) is 11.5 Å². The fourth-order valence-electron chi connectivity index (χ4n) is 3.39. The van der Waals surface area contributed by atoms with Crippen LogP contribution in [0.25, 0.3) is 0 Å². The van der Waals surface area contributed by atoms with E-state index < -0.39 is 0 Å². The maximum absolute atomic E-state index is 6.44. The summed E-state index contributed by atoms with van der Waals surface area (Å²) in [4.78, 5) is 4.97. The molecule has 3 heteroatoms. The zero-order valence-electron chi connectivity index (χ0n) is 13.7. The topological polar surface area (TPSA) is 43.8 Å². The molecule has 20 heavy (non-hydrogen) atoms. The van der Waals surface area contributed by atoms with Gasteiger partial charge in [0, 0.05) is 11.5 Å². The van der Waals surface area contributed by atoms with Gasteiger partial charge in [0.25, 0.3) is 0 Å². The standard InChI is InChI=1S/C17H31N3/c1-5-6-7-12-14-15(18)20(17(2,3)4)16(19-14)13-10-8-9-11-13/h13H,5-12,18H2,1-4H3. The van der Waals surface area contributed by atoms with Crippen LogP contribution >= 0.6 is 0 Å². The van der Waals surface area contributed by atoms with Crippen LogP contribution in [0.5, 0.6) is 0 Å². The van der Waals surface area contributed by atoms with Gasteiger partial charge in [0.1, 0.15) is 11.6 Å². The average Bonchev–Trinajstić information content (AvgIpc) is 2.96. The van der Waals surface area contributed by atoms with E-state index in [1.807, 2.05) is 0 Å². The highest BCUT2D eigenvalue weighted by atomic mass is 15.2. The zero-order valence-corrected chi connectivity index (χ0v) is 13.7. The molecule has 1 saturated carbocycles. The van der Waals surface area contributed by atoms with E-state index in [0.717, 1.165) is 17.9 Å². The smallest absolute Gasteiger partial charge is 0.127 e. The van der Waals surface area contributed by atoms with Crippen LogP contribution in [-0.2, 0) is 12.0 Å². The Bertz CT molecular complexity index is 434. The molecular weight excluding hydrogens is 246 g/mol. The van der Waals surface area contributed by atoms with Crippen molar-refractivity contribution in [1.82, 2.24) is 9.55 Å². The third kappa shape index (κ3) is 3.18. The molecule has 1 heterocycles. The summed E-state index contributed by atoms with van der Waals surface area (Å²) >= 11 is 0. The summed E-state index contributed by atoms with van der Waals surface area (Å²) < 4.78 is 2.31. The van der Waals surface area contributed by atoms with Crippen molar-refractivity contribution in [2.24, 2.45) is 0 Å². The van der Waals surface area contributed by atoms with Crippen LogP contribution in [0, 0.1) is 0 Å². The second-order valence-corrected chi connectivity index (χ2v) is 7.25. The Labute approximate surface area is 124 Å². The van der Waals surface area contributed by atoms with Crippen molar-refractivity contribution < 1.29 is 0 Å². The van der Waals surface area contributed by atoms with Crippen molar-refractivity contribution in [3.8, 4) is 0 Å². The Morgan fingerprint density at radius 3 is 2.40 bits per heavy atom. The summed E-state index contributed by atoms with van der Waals surface area (Å²) in [5.74, 6) is 2.78. The SMILES string of the molecule is CCCCCc1nc(C2CCCC2)n(C(C)(C)C)c1N. The summed E-state index contributed by atoms with van der Waals surface area (Å²) in [5.41, 5.74) is 7.60. The highest BCUT2D eigenvalue weighted by molar-refractivity contribution is 5.40. The van der Waals surface area contributed by atoms with Gasteiger partial charge < -0.3 is 10.3 Å². The van der Waals surface area contributed by atoms with Gasteiger partial charge >= 0.3 is 0 Å². The second kappa shape index (κ2) is 6.19. The Balaban J connectivity index is 2.30. The maximum atomic E-state index is 6.44. The molecule has 3 nitrogen and oxygen atoms in total. The monoisotopic (exact) mass is 277 g/mol. The van der Waals surface area contributed by atoms with Crippen LogP contribution in [0.1, 0.15) is 90.1 Å². The first-order valence-electron chi connectivity index (χ1n) is 8.32. The summed E-state index contributed by atoms with van der Waals surface area (Å²) in [6, 6.07) is 0. The number of nitrogens with two attached hydrogens (primary N) is 1. The third-order valence-corrected chi connectivity index (χ3v) is 4.42. The van der Waals surface area contributed by atoms with E-state index in [4.69, 9.17) is 10.7 Å². The number of aromatic nitrogens is 2. The summed E-state index contributed by atoms with van der Waals surface area (Å²) in [6.45, 7) is 8.94. The molecule has 2 N–H and O–H groups in total. The molecule has 0 aliphatic heterocycles. The molecule has 1 aliphatic carbocycles. The number of aryl methyl sites for hydroxylation is 1. The predicted molar refractivity (Wildman–Crippen MR) is 86.1 cm³/mol. The first-order chi connectivity index (χ1) is 9.45. The number of rotatable bonds is 5. The fourth-order valence-corrected chi connectivity index (χ4v) is 3.39. The quantitative estimate of drug-likeness (QED) is 0.799. The minimum Gasteiger partial charge on any atom is -0.384 e. The van der Waals surface area contributed by atoms with E-state index in [1.54, 1.807) is 0 Å². The average molecular weight is 277 g/mol. The lowest BCUT2D eigenvalue weighted by molar-refractivity contribution is 0.377. The van der Waals surface area contributed by atoms with Gasteiger partial charge in [-0.25, -0.2) is 4.98 Å². The summed E-state index contributed by atoms with van der Waals surface area (Å²) in [5, 5.41) is 0. The van der Waals surface area contributed by atoms with Crippen molar-refractivity contribution in [1.29, 1.82) is 0 Å². The highest BCUT2D eigenvalue weighted by Crippen LogP contribution is 2.38. The number of unbranched alkanes of at least 4 members (excludes halogenated alkanes) is 2. The molecule has 0 bridgehead atoms. The van der Waals surface area contributed by atoms with Crippen molar-refractivity contribution in [2.75, 3.05) is 5.73 Å². The maximum Gasteiger partial charge on any atom is 0.127 e. The van der Waals surface area contributed by atoms with Gasteiger partial charge in [-0.2, -0.15) is 0 Å². The molecule has 1 aromatic rings. The number of hydrogen-bond acceptors (Lipinski definition) is 2. The Kier molecular flexibility index (Phi) is 4.77. The zero-order chi connectivity index (χ0) is 14.8. The van der Waals surface area contributed by atoms with Gasteiger partial charge in [0.05, 0.1) is 5.69 Å². The van der Waals surface area contributed by atoms with E-state index in [2.05, 4.69) is 32.3 Å². The number of hydrogen-bond donors (Lipinski definition) is 1. The molecule has 0 radical (unpaired) electrons. The lowest BCUT2D eigenvalue weighted by Crippen LogP contribution is -2.26. The van der Waals surface area contributed by atoms with Crippen LogP contribution in [0.15, 0.2) is 0 Å². The predicted octanol–water partition coefficient (Wildman–Crippen LogP) is 4.61. The molecule has 0 spiro atoms. The third-order valence-electron chi connectivity index (χ3n) is 4.42.